The van der Waals surface area contributed by atoms with Crippen molar-refractivity contribution in [1.29, 1.82) is 0 Å². The summed E-state index contributed by atoms with van der Waals surface area (Å²) >= 11 is 1.74. The highest BCUT2D eigenvalue weighted by atomic mass is 32.1. The molecule has 0 radical (unpaired) electrons. The number of fused-ring (bicyclic) bond motifs is 1. The molecule has 1 aromatic carbocycles. The van der Waals surface area contributed by atoms with Gasteiger partial charge in [-0.05, 0) is 31.5 Å². The maximum atomic E-state index is 12.6. The zero-order valence-corrected chi connectivity index (χ0v) is 17.3. The molecule has 2 aromatic heterocycles. The Morgan fingerprint density at radius 3 is 2.50 bits per heavy atom. The van der Waals surface area contributed by atoms with Crippen LogP contribution in [0, 0.1) is 13.8 Å². The standard InChI is InChI=1S/C21H25N5OS/c1-4-17-23-19(18-14(2)15(3)28-20(18)24-17)25-10-12-26(13-11-25)21(27)22-16-8-6-5-7-9-16/h5-9H,4,10-13H2,1-3H3,(H,22,27). The molecule has 1 fully saturated rings. The summed E-state index contributed by atoms with van der Waals surface area (Å²) < 4.78 is 0. The number of hydrogen-bond donors (Lipinski definition) is 1. The highest BCUT2D eigenvalue weighted by Crippen LogP contribution is 2.35. The number of rotatable bonds is 3. The van der Waals surface area contributed by atoms with Gasteiger partial charge < -0.3 is 15.1 Å². The third kappa shape index (κ3) is 3.54. The monoisotopic (exact) mass is 395 g/mol. The van der Waals surface area contributed by atoms with Crippen LogP contribution in [0.25, 0.3) is 10.2 Å². The summed E-state index contributed by atoms with van der Waals surface area (Å²) in [6.45, 7) is 9.27. The Morgan fingerprint density at radius 2 is 1.82 bits per heavy atom. The van der Waals surface area contributed by atoms with Gasteiger partial charge in [0.2, 0.25) is 0 Å². The van der Waals surface area contributed by atoms with Gasteiger partial charge >= 0.3 is 6.03 Å². The van der Waals surface area contributed by atoms with E-state index in [-0.39, 0.29) is 6.03 Å². The molecular formula is C21H25N5OS. The van der Waals surface area contributed by atoms with Crippen LogP contribution in [-0.2, 0) is 6.42 Å². The topological polar surface area (TPSA) is 61.4 Å². The van der Waals surface area contributed by atoms with Crippen molar-refractivity contribution >= 4 is 39.1 Å². The second kappa shape index (κ2) is 7.75. The fourth-order valence-electron chi connectivity index (χ4n) is 3.50. The molecule has 3 heterocycles. The predicted octanol–water partition coefficient (Wildman–Crippen LogP) is 4.22. The third-order valence-corrected chi connectivity index (χ3v) is 6.36. The Bertz CT molecular complexity index is 993. The maximum absolute atomic E-state index is 12.6. The van der Waals surface area contributed by atoms with Crippen LogP contribution >= 0.6 is 11.3 Å². The van der Waals surface area contributed by atoms with Gasteiger partial charge in [-0.3, -0.25) is 0 Å². The van der Waals surface area contributed by atoms with E-state index in [1.165, 1.54) is 15.8 Å². The van der Waals surface area contributed by atoms with E-state index in [0.29, 0.717) is 13.1 Å². The number of hydrogen-bond acceptors (Lipinski definition) is 5. The smallest absolute Gasteiger partial charge is 0.321 e. The fraction of sp³-hybridized carbons (Fsp3) is 0.381. The number of amides is 2. The second-order valence-electron chi connectivity index (χ2n) is 7.05. The van der Waals surface area contributed by atoms with Crippen LogP contribution < -0.4 is 10.2 Å². The van der Waals surface area contributed by atoms with Crippen molar-refractivity contribution in [2.45, 2.75) is 27.2 Å². The molecule has 0 atom stereocenters. The van der Waals surface area contributed by atoms with Crippen LogP contribution in [-0.4, -0.2) is 47.1 Å². The zero-order chi connectivity index (χ0) is 19.7. The highest BCUT2D eigenvalue weighted by molar-refractivity contribution is 7.18. The Balaban J connectivity index is 1.51. The number of urea groups is 1. The number of nitrogens with one attached hydrogen (secondary N) is 1. The Hall–Kier alpha value is -2.67. The molecule has 1 aliphatic rings. The molecule has 0 saturated carbocycles. The van der Waals surface area contributed by atoms with Gasteiger partial charge in [0, 0.05) is 43.2 Å². The quantitative estimate of drug-likeness (QED) is 0.721. The van der Waals surface area contributed by atoms with Gasteiger partial charge in [-0.25, -0.2) is 14.8 Å². The molecule has 7 heteroatoms. The van der Waals surface area contributed by atoms with E-state index in [1.54, 1.807) is 11.3 Å². The number of aryl methyl sites for hydroxylation is 3. The summed E-state index contributed by atoms with van der Waals surface area (Å²) in [5.41, 5.74) is 2.09. The van der Waals surface area contributed by atoms with Gasteiger partial charge in [0.15, 0.2) is 0 Å². The minimum Gasteiger partial charge on any atom is -0.352 e. The number of anilines is 2. The number of carbonyl (C=O) groups is 1. The Labute approximate surface area is 169 Å². The van der Waals surface area contributed by atoms with Crippen molar-refractivity contribution < 1.29 is 4.79 Å². The van der Waals surface area contributed by atoms with Crippen molar-refractivity contribution in [2.75, 3.05) is 36.4 Å². The first-order valence-corrected chi connectivity index (χ1v) is 10.5. The van der Waals surface area contributed by atoms with E-state index in [4.69, 9.17) is 9.97 Å². The molecule has 146 valence electrons. The molecule has 1 N–H and O–H groups in total. The lowest BCUT2D eigenvalue weighted by atomic mass is 10.2. The van der Waals surface area contributed by atoms with E-state index < -0.39 is 0 Å². The highest BCUT2D eigenvalue weighted by Gasteiger charge is 2.25. The lowest BCUT2D eigenvalue weighted by Crippen LogP contribution is -2.50. The maximum Gasteiger partial charge on any atom is 0.321 e. The summed E-state index contributed by atoms with van der Waals surface area (Å²) in [5.74, 6) is 1.90. The molecule has 0 unspecified atom stereocenters. The molecule has 1 aliphatic heterocycles. The van der Waals surface area contributed by atoms with Gasteiger partial charge in [-0.2, -0.15) is 0 Å². The van der Waals surface area contributed by atoms with Gasteiger partial charge in [0.1, 0.15) is 16.5 Å². The van der Waals surface area contributed by atoms with Crippen molar-refractivity contribution in [2.24, 2.45) is 0 Å². The number of carbonyl (C=O) groups excluding carboxylic acids is 1. The van der Waals surface area contributed by atoms with Crippen molar-refractivity contribution in [1.82, 2.24) is 14.9 Å². The number of nitrogens with zero attached hydrogens (tertiary/aromatic N) is 4. The van der Waals surface area contributed by atoms with Gasteiger partial charge in [0.05, 0.1) is 5.39 Å². The normalized spacial score (nSPS) is 14.5. The van der Waals surface area contributed by atoms with E-state index in [1.807, 2.05) is 35.2 Å². The number of aromatic nitrogens is 2. The number of benzene rings is 1. The third-order valence-electron chi connectivity index (χ3n) is 5.26. The first-order valence-electron chi connectivity index (χ1n) is 9.69. The first kappa shape index (κ1) is 18.7. The van der Waals surface area contributed by atoms with Gasteiger partial charge in [0.25, 0.3) is 0 Å². The average Bonchev–Trinajstić information content (AvgIpc) is 3.02. The molecule has 3 aromatic rings. The lowest BCUT2D eigenvalue weighted by molar-refractivity contribution is 0.208. The fourth-order valence-corrected chi connectivity index (χ4v) is 4.55. The van der Waals surface area contributed by atoms with Gasteiger partial charge in [-0.1, -0.05) is 25.1 Å². The summed E-state index contributed by atoms with van der Waals surface area (Å²) in [6, 6.07) is 9.54. The largest absolute Gasteiger partial charge is 0.352 e. The summed E-state index contributed by atoms with van der Waals surface area (Å²) in [4.78, 5) is 28.7. The molecule has 1 saturated heterocycles. The summed E-state index contributed by atoms with van der Waals surface area (Å²) in [7, 11) is 0. The van der Waals surface area contributed by atoms with Crippen LogP contribution in [0.3, 0.4) is 0 Å². The average molecular weight is 396 g/mol. The predicted molar refractivity (Wildman–Crippen MR) is 116 cm³/mol. The minimum absolute atomic E-state index is 0.0458. The van der Waals surface area contributed by atoms with Crippen LogP contribution in [0.1, 0.15) is 23.2 Å². The van der Waals surface area contributed by atoms with Gasteiger partial charge in [-0.15, -0.1) is 11.3 Å². The molecule has 2 amide bonds. The second-order valence-corrected chi connectivity index (χ2v) is 8.25. The van der Waals surface area contributed by atoms with Crippen molar-refractivity contribution in [3.05, 3.63) is 46.6 Å². The molecule has 6 nitrogen and oxygen atoms in total. The van der Waals surface area contributed by atoms with E-state index >= 15 is 0 Å². The molecule has 0 bridgehead atoms. The lowest BCUT2D eigenvalue weighted by Gasteiger charge is -2.35. The zero-order valence-electron chi connectivity index (χ0n) is 16.5. The van der Waals surface area contributed by atoms with E-state index in [2.05, 4.69) is 31.0 Å². The number of thiophene rings is 1. The van der Waals surface area contributed by atoms with E-state index in [9.17, 15) is 4.79 Å². The molecular weight excluding hydrogens is 370 g/mol. The summed E-state index contributed by atoms with van der Waals surface area (Å²) in [5, 5.41) is 4.14. The minimum atomic E-state index is -0.0458. The van der Waals surface area contributed by atoms with Crippen LogP contribution in [0.5, 0.6) is 0 Å². The molecule has 4 rings (SSSR count). The number of para-hydroxylation sites is 1. The van der Waals surface area contributed by atoms with Crippen LogP contribution in [0.2, 0.25) is 0 Å². The molecule has 0 spiro atoms. The number of piperazine rings is 1. The first-order chi connectivity index (χ1) is 13.6. The van der Waals surface area contributed by atoms with E-state index in [0.717, 1.165) is 41.7 Å². The Kier molecular flexibility index (Phi) is 5.17. The Morgan fingerprint density at radius 1 is 1.11 bits per heavy atom. The molecule has 28 heavy (non-hydrogen) atoms. The van der Waals surface area contributed by atoms with Crippen molar-refractivity contribution in [3.8, 4) is 0 Å². The molecule has 0 aliphatic carbocycles. The summed E-state index contributed by atoms with van der Waals surface area (Å²) in [6.07, 6.45) is 0.818. The van der Waals surface area contributed by atoms with Crippen molar-refractivity contribution in [3.63, 3.8) is 0 Å². The SMILES string of the molecule is CCc1nc(N2CCN(C(=O)Nc3ccccc3)CC2)c2c(C)c(C)sc2n1. The van der Waals surface area contributed by atoms with Crippen LogP contribution in [0.15, 0.2) is 30.3 Å². The van der Waals surface area contributed by atoms with Crippen LogP contribution in [0.4, 0.5) is 16.3 Å².